The Morgan fingerprint density at radius 3 is 1.75 bits per heavy atom. The van der Waals surface area contributed by atoms with Crippen LogP contribution in [-0.2, 0) is 28.6 Å². The molecule has 0 bridgehead atoms. The molecule has 0 saturated heterocycles. The molecular weight excluding hydrogens is 664 g/mol. The topological polar surface area (TPSA) is 160 Å². The van der Waals surface area contributed by atoms with Crippen molar-refractivity contribution < 1.29 is 49.0 Å². The summed E-state index contributed by atoms with van der Waals surface area (Å²) >= 11 is 0. The Kier molecular flexibility index (Phi) is 10.3. The van der Waals surface area contributed by atoms with Gasteiger partial charge in [0.15, 0.2) is 5.78 Å². The average molecular weight is 725 g/mol. The zero-order valence-electron chi connectivity index (χ0n) is 32.5. The Morgan fingerprint density at radius 1 is 0.788 bits per heavy atom. The number of aliphatic hydroxyl groups excluding tert-OH is 2. The van der Waals surface area contributed by atoms with Gasteiger partial charge in [-0.2, -0.15) is 0 Å². The normalized spacial score (nSPS) is 42.3. The van der Waals surface area contributed by atoms with E-state index in [1.165, 1.54) is 7.11 Å². The highest BCUT2D eigenvalue weighted by molar-refractivity contribution is 6.07. The van der Waals surface area contributed by atoms with Crippen LogP contribution in [-0.4, -0.2) is 89.0 Å². The Balaban J connectivity index is 1.66. The van der Waals surface area contributed by atoms with E-state index in [4.69, 9.17) is 14.2 Å². The molecule has 6 rings (SSSR count). The summed E-state index contributed by atoms with van der Waals surface area (Å²) < 4.78 is 16.7. The molecule has 5 aliphatic carbocycles. The number of hydrogen-bond donors (Lipinski definition) is 4. The first-order valence-corrected chi connectivity index (χ1v) is 19.3. The summed E-state index contributed by atoms with van der Waals surface area (Å²) in [7, 11) is 3.06. The quantitative estimate of drug-likeness (QED) is 0.156. The molecule has 6 aliphatic rings. The lowest BCUT2D eigenvalue weighted by Crippen LogP contribution is -2.49. The number of allylic oxidation sites excluding steroid dienone is 2. The van der Waals surface area contributed by atoms with Gasteiger partial charge in [-0.05, 0) is 103 Å². The van der Waals surface area contributed by atoms with E-state index in [1.54, 1.807) is 13.2 Å². The van der Waals surface area contributed by atoms with E-state index in [9.17, 15) is 30.0 Å². The molecule has 0 aromatic heterocycles. The van der Waals surface area contributed by atoms with Crippen LogP contribution in [0.3, 0.4) is 0 Å². The van der Waals surface area contributed by atoms with Crippen LogP contribution in [0.2, 0.25) is 0 Å². The number of ether oxygens (including phenoxy) is 3. The van der Waals surface area contributed by atoms with Gasteiger partial charge < -0.3 is 34.6 Å². The summed E-state index contributed by atoms with van der Waals surface area (Å²) in [6, 6.07) is 0. The third-order valence-corrected chi connectivity index (χ3v) is 14.1. The monoisotopic (exact) mass is 724 g/mol. The first-order valence-electron chi connectivity index (χ1n) is 19.3. The minimum absolute atomic E-state index is 0.0246. The molecule has 0 aromatic carbocycles. The van der Waals surface area contributed by atoms with Gasteiger partial charge in [0.1, 0.15) is 16.6 Å². The predicted molar refractivity (Wildman–Crippen MR) is 193 cm³/mol. The highest BCUT2D eigenvalue weighted by Gasteiger charge is 2.61. The zero-order chi connectivity index (χ0) is 38.3. The minimum atomic E-state index is -1.68. The molecule has 10 heteroatoms. The number of cyclic esters (lactones) is 2. The van der Waals surface area contributed by atoms with Gasteiger partial charge in [0.2, 0.25) is 0 Å². The first-order chi connectivity index (χ1) is 24.3. The molecule has 0 amide bonds. The highest BCUT2D eigenvalue weighted by Crippen LogP contribution is 2.62. The van der Waals surface area contributed by atoms with Gasteiger partial charge in [-0.25, -0.2) is 4.79 Å². The Hall–Kier alpha value is -2.47. The minimum Gasteiger partial charge on any atom is -0.392 e. The molecule has 4 N–H and O–H groups in total. The summed E-state index contributed by atoms with van der Waals surface area (Å²) in [5.41, 5.74) is -2.02. The van der Waals surface area contributed by atoms with Crippen LogP contribution < -0.4 is 0 Å². The Morgan fingerprint density at radius 2 is 1.27 bits per heavy atom. The van der Waals surface area contributed by atoms with Gasteiger partial charge in [-0.3, -0.25) is 9.59 Å². The molecule has 0 aromatic rings. The van der Waals surface area contributed by atoms with E-state index in [0.29, 0.717) is 48.0 Å². The molecule has 2 fully saturated rings. The molecule has 52 heavy (non-hydrogen) atoms. The number of esters is 2. The van der Waals surface area contributed by atoms with Gasteiger partial charge in [0, 0.05) is 31.1 Å². The van der Waals surface area contributed by atoms with Crippen LogP contribution in [0, 0.1) is 52.3 Å². The smallest absolute Gasteiger partial charge is 0.341 e. The average Bonchev–Trinajstić information content (AvgIpc) is 3.60. The van der Waals surface area contributed by atoms with Gasteiger partial charge in [0.25, 0.3) is 0 Å². The molecule has 11 unspecified atom stereocenters. The van der Waals surface area contributed by atoms with Crippen molar-refractivity contribution in [2.24, 2.45) is 52.3 Å². The van der Waals surface area contributed by atoms with Crippen molar-refractivity contribution in [2.75, 3.05) is 27.4 Å². The number of hydrogen-bond acceptors (Lipinski definition) is 10. The number of aliphatic hydroxyl groups is 4. The van der Waals surface area contributed by atoms with Crippen LogP contribution in [0.5, 0.6) is 0 Å². The summed E-state index contributed by atoms with van der Waals surface area (Å²) in [5.74, 6) is -4.08. The van der Waals surface area contributed by atoms with E-state index in [-0.39, 0.29) is 73.8 Å². The molecule has 0 radical (unpaired) electrons. The zero-order valence-corrected chi connectivity index (χ0v) is 32.5. The second-order valence-electron chi connectivity index (χ2n) is 17.8. The number of ketones is 1. The van der Waals surface area contributed by atoms with Crippen molar-refractivity contribution in [1.82, 2.24) is 0 Å². The van der Waals surface area contributed by atoms with Crippen LogP contribution >= 0.6 is 0 Å². The fourth-order valence-electron chi connectivity index (χ4n) is 11.2. The van der Waals surface area contributed by atoms with Crippen LogP contribution in [0.1, 0.15) is 93.4 Å². The van der Waals surface area contributed by atoms with E-state index in [1.807, 2.05) is 48.5 Å². The van der Waals surface area contributed by atoms with E-state index >= 15 is 4.79 Å². The fraction of sp³-hybridized carbons (Fsp3) is 0.738. The molecule has 1 heterocycles. The summed E-state index contributed by atoms with van der Waals surface area (Å²) in [4.78, 5) is 43.5. The second-order valence-corrected chi connectivity index (χ2v) is 17.8. The molecule has 288 valence electrons. The summed E-state index contributed by atoms with van der Waals surface area (Å²) in [5, 5.41) is 47.9. The largest absolute Gasteiger partial charge is 0.392 e. The van der Waals surface area contributed by atoms with Crippen LogP contribution in [0.4, 0.5) is 0 Å². The standard InChI is InChI=1S/C42H60O10/c1-21(2)34-27-14-32(43)23(5)25-10-12-41(48,19-50-8)29(25)16-39(27,7)31(36(34)45)18-40-17-30-26(11-13-42(30,49)20-51-9)24(6)33(44)15-28(40)35(22(3)4)37(46)52-38(40)47/h16-17,21-26,31-33,43-44,48-49H,10-15,18-20H2,1-9H3. The van der Waals surface area contributed by atoms with Crippen molar-refractivity contribution in [3.8, 4) is 0 Å². The number of rotatable bonds is 8. The maximum Gasteiger partial charge on any atom is 0.341 e. The Bertz CT molecular complexity index is 1630. The number of Topliss-reactive ketones (excluding diaryl/α,β-unsaturated/α-hetero) is 1. The van der Waals surface area contributed by atoms with E-state index in [0.717, 1.165) is 11.1 Å². The van der Waals surface area contributed by atoms with E-state index in [2.05, 4.69) is 6.08 Å². The fourth-order valence-corrected chi connectivity index (χ4v) is 11.2. The van der Waals surface area contributed by atoms with Gasteiger partial charge in [-0.1, -0.05) is 66.2 Å². The number of carbonyl (C=O) groups is 3. The van der Waals surface area contributed by atoms with Crippen LogP contribution in [0.15, 0.2) is 45.6 Å². The lowest BCUT2D eigenvalue weighted by molar-refractivity contribution is -0.165. The van der Waals surface area contributed by atoms with Crippen LogP contribution in [0.25, 0.3) is 0 Å². The molecule has 11 atom stereocenters. The molecule has 1 aliphatic heterocycles. The third kappa shape index (κ3) is 5.86. The Labute approximate surface area is 308 Å². The number of carbonyl (C=O) groups excluding carboxylic acids is 3. The molecule has 0 spiro atoms. The second kappa shape index (κ2) is 13.7. The molecular formula is C42H60O10. The summed E-state index contributed by atoms with van der Waals surface area (Å²) in [6.45, 7) is 13.6. The van der Waals surface area contributed by atoms with E-state index < -0.39 is 52.1 Å². The lowest BCUT2D eigenvalue weighted by Gasteiger charge is -2.46. The van der Waals surface area contributed by atoms with Gasteiger partial charge in [-0.15, -0.1) is 0 Å². The SMILES string of the molecule is COCC1(O)CCC2C1=CC1(CC3C(=O)C(C(C)C)=C4CC(O)C(C)C5CCC(O)(COC)C5=CC43C)C(=O)OC(=O)C(C(C)C)=C1CC(O)C2C. The lowest BCUT2D eigenvalue weighted by atomic mass is 9.58. The van der Waals surface area contributed by atoms with Crippen molar-refractivity contribution >= 4 is 17.7 Å². The third-order valence-electron chi connectivity index (χ3n) is 14.1. The van der Waals surface area contributed by atoms with Gasteiger partial charge >= 0.3 is 11.9 Å². The van der Waals surface area contributed by atoms with Crippen molar-refractivity contribution in [3.63, 3.8) is 0 Å². The predicted octanol–water partition coefficient (Wildman–Crippen LogP) is 4.79. The van der Waals surface area contributed by atoms with Crippen molar-refractivity contribution in [2.45, 2.75) is 117 Å². The maximum absolute atomic E-state index is 15.1. The maximum atomic E-state index is 15.1. The highest BCUT2D eigenvalue weighted by atomic mass is 16.6. The van der Waals surface area contributed by atoms with Crippen molar-refractivity contribution in [1.29, 1.82) is 0 Å². The molecule has 2 saturated carbocycles. The molecule has 10 nitrogen and oxygen atoms in total. The van der Waals surface area contributed by atoms with Gasteiger partial charge in [0.05, 0.1) is 25.4 Å². The number of methoxy groups -OCH3 is 2. The van der Waals surface area contributed by atoms with Crippen molar-refractivity contribution in [3.05, 3.63) is 45.6 Å². The number of fused-ring (bicyclic) bond motifs is 4. The summed E-state index contributed by atoms with van der Waals surface area (Å²) in [6.07, 6.45) is 4.33. The first kappa shape index (κ1) is 39.2.